The van der Waals surface area contributed by atoms with Crippen LogP contribution in [0.25, 0.3) is 0 Å². The van der Waals surface area contributed by atoms with Crippen molar-refractivity contribution in [2.75, 3.05) is 19.7 Å². The molecule has 30 heavy (non-hydrogen) atoms. The Balaban J connectivity index is 1.67. The minimum Gasteiger partial charge on any atom is -0.478 e. The third kappa shape index (κ3) is 3.52. The van der Waals surface area contributed by atoms with Gasteiger partial charge in [0.1, 0.15) is 5.84 Å². The molecule has 0 spiro atoms. The molecule has 0 fully saturated rings. The third-order valence-electron chi connectivity index (χ3n) is 4.65. The number of benzene rings is 2. The highest BCUT2D eigenvalue weighted by Crippen LogP contribution is 2.27. The zero-order chi connectivity index (χ0) is 21.3. The summed E-state index contributed by atoms with van der Waals surface area (Å²) in [5.41, 5.74) is 1.37. The lowest BCUT2D eigenvalue weighted by molar-refractivity contribution is 0.0526. The molecule has 9 heteroatoms. The number of para-hydroxylation sites is 1. The number of hydrogen-bond acceptors (Lipinski definition) is 7. The van der Waals surface area contributed by atoms with Crippen molar-refractivity contribution in [1.29, 1.82) is 0 Å². The molecule has 2 heterocycles. The molecule has 2 aromatic carbocycles. The maximum Gasteiger partial charge on any atom is 0.338 e. The van der Waals surface area contributed by atoms with Gasteiger partial charge in [-0.15, -0.1) is 0 Å². The summed E-state index contributed by atoms with van der Waals surface area (Å²) in [7, 11) is 0. The second-order valence-corrected chi connectivity index (χ2v) is 6.59. The van der Waals surface area contributed by atoms with E-state index in [1.807, 2.05) is 24.3 Å². The molecule has 0 saturated carbocycles. The standard InChI is InChI=1S/C21H18N4O5/c1-2-30-20(29)14-10-12(9-13(11-14)19(27)28)18(26)24-21-23-16-6-4-3-5-15(16)17-22-7-8-25(17)21/h3-6,9-11H,2,7-8H2,1H3,(H,27,28)(H,23,24,26). The molecule has 0 radical (unpaired) electrons. The molecule has 4 rings (SSSR count). The molecular formula is C21H18N4O5. The Morgan fingerprint density at radius 1 is 1.13 bits per heavy atom. The van der Waals surface area contributed by atoms with E-state index < -0.39 is 17.8 Å². The van der Waals surface area contributed by atoms with Crippen molar-refractivity contribution in [1.82, 2.24) is 10.2 Å². The maximum absolute atomic E-state index is 12.9. The minimum absolute atomic E-state index is 0.0113. The quantitative estimate of drug-likeness (QED) is 0.750. The molecule has 0 unspecified atom stereocenters. The highest BCUT2D eigenvalue weighted by molar-refractivity contribution is 6.19. The van der Waals surface area contributed by atoms with E-state index in [-0.39, 0.29) is 23.3 Å². The van der Waals surface area contributed by atoms with Crippen molar-refractivity contribution in [3.8, 4) is 0 Å². The van der Waals surface area contributed by atoms with E-state index in [1.54, 1.807) is 11.8 Å². The van der Waals surface area contributed by atoms with Crippen LogP contribution in [0.2, 0.25) is 0 Å². The highest BCUT2D eigenvalue weighted by atomic mass is 16.5. The van der Waals surface area contributed by atoms with Gasteiger partial charge in [-0.2, -0.15) is 0 Å². The number of hydrogen-bond donors (Lipinski definition) is 2. The topological polar surface area (TPSA) is 121 Å². The number of rotatable bonds is 4. The van der Waals surface area contributed by atoms with Gasteiger partial charge >= 0.3 is 11.9 Å². The first-order valence-corrected chi connectivity index (χ1v) is 9.35. The predicted molar refractivity (Wildman–Crippen MR) is 108 cm³/mol. The van der Waals surface area contributed by atoms with E-state index in [4.69, 9.17) is 4.74 Å². The predicted octanol–water partition coefficient (Wildman–Crippen LogP) is 2.05. The second-order valence-electron chi connectivity index (χ2n) is 6.59. The number of amides is 1. The fourth-order valence-electron chi connectivity index (χ4n) is 3.30. The Kier molecular flexibility index (Phi) is 5.01. The van der Waals surface area contributed by atoms with E-state index in [1.165, 1.54) is 18.2 Å². The maximum atomic E-state index is 12.9. The van der Waals surface area contributed by atoms with Gasteiger partial charge in [-0.1, -0.05) is 12.1 Å². The lowest BCUT2D eigenvalue weighted by Crippen LogP contribution is -2.47. The molecule has 0 saturated heterocycles. The number of carbonyl (C=O) groups is 3. The summed E-state index contributed by atoms with van der Waals surface area (Å²) in [6.07, 6.45) is 0. The SMILES string of the molecule is CCOC(=O)c1cc(C(=O)O)cc(C(=O)NC2=Nc3ccccc3C3=NCCN23)c1. The number of fused-ring (bicyclic) bond motifs is 3. The number of amidine groups is 1. The van der Waals surface area contributed by atoms with Gasteiger partial charge in [0.05, 0.1) is 30.0 Å². The van der Waals surface area contributed by atoms with E-state index in [0.29, 0.717) is 24.7 Å². The van der Waals surface area contributed by atoms with Gasteiger partial charge in [0, 0.05) is 17.7 Å². The van der Waals surface area contributed by atoms with Crippen LogP contribution in [0.3, 0.4) is 0 Å². The number of guanidine groups is 1. The van der Waals surface area contributed by atoms with Gasteiger partial charge in [-0.05, 0) is 37.3 Å². The number of aromatic carboxylic acids is 1. The van der Waals surface area contributed by atoms with Gasteiger partial charge in [0.2, 0.25) is 5.96 Å². The molecule has 2 N–H and O–H groups in total. The van der Waals surface area contributed by atoms with Crippen LogP contribution in [0, 0.1) is 0 Å². The molecule has 2 aliphatic rings. The van der Waals surface area contributed by atoms with Crippen LogP contribution in [0.4, 0.5) is 5.69 Å². The van der Waals surface area contributed by atoms with Crippen LogP contribution < -0.4 is 5.32 Å². The third-order valence-corrected chi connectivity index (χ3v) is 4.65. The van der Waals surface area contributed by atoms with Crippen molar-refractivity contribution in [2.45, 2.75) is 6.92 Å². The zero-order valence-electron chi connectivity index (χ0n) is 16.1. The Labute approximate surface area is 171 Å². The normalized spacial score (nSPS) is 14.2. The number of aliphatic imine (C=N–C) groups is 2. The van der Waals surface area contributed by atoms with E-state index in [2.05, 4.69) is 15.3 Å². The number of nitrogens with one attached hydrogen (secondary N) is 1. The average molecular weight is 406 g/mol. The lowest BCUT2D eigenvalue weighted by atomic mass is 10.0. The number of esters is 1. The fraction of sp³-hybridized carbons (Fsp3) is 0.190. The number of ether oxygens (including phenoxy) is 1. The van der Waals surface area contributed by atoms with E-state index >= 15 is 0 Å². The fourth-order valence-corrected chi connectivity index (χ4v) is 3.30. The monoisotopic (exact) mass is 406 g/mol. The number of nitrogens with zero attached hydrogens (tertiary/aromatic N) is 3. The largest absolute Gasteiger partial charge is 0.478 e. The smallest absolute Gasteiger partial charge is 0.338 e. The van der Waals surface area contributed by atoms with Crippen LogP contribution in [-0.2, 0) is 4.74 Å². The zero-order valence-corrected chi connectivity index (χ0v) is 16.1. The molecule has 0 aromatic heterocycles. The molecule has 0 bridgehead atoms. The first-order valence-electron chi connectivity index (χ1n) is 9.35. The summed E-state index contributed by atoms with van der Waals surface area (Å²) in [4.78, 5) is 47.3. The Morgan fingerprint density at radius 3 is 2.63 bits per heavy atom. The second kappa shape index (κ2) is 7.78. The number of carboxylic acids is 1. The molecule has 0 aliphatic carbocycles. The number of carbonyl (C=O) groups excluding carboxylic acids is 2. The first-order chi connectivity index (χ1) is 14.5. The van der Waals surface area contributed by atoms with Gasteiger partial charge in [0.25, 0.3) is 5.91 Å². The van der Waals surface area contributed by atoms with Crippen molar-refractivity contribution in [3.63, 3.8) is 0 Å². The minimum atomic E-state index is -1.26. The van der Waals surface area contributed by atoms with E-state index in [0.717, 1.165) is 11.4 Å². The van der Waals surface area contributed by atoms with Crippen molar-refractivity contribution >= 4 is 35.3 Å². The van der Waals surface area contributed by atoms with Crippen molar-refractivity contribution < 1.29 is 24.2 Å². The Bertz CT molecular complexity index is 1120. The molecule has 9 nitrogen and oxygen atoms in total. The first kappa shape index (κ1) is 19.3. The van der Waals surface area contributed by atoms with Crippen molar-refractivity contribution in [2.24, 2.45) is 9.98 Å². The summed E-state index contributed by atoms with van der Waals surface area (Å²) in [6.45, 7) is 2.90. The van der Waals surface area contributed by atoms with Gasteiger partial charge in [-0.3, -0.25) is 20.0 Å². The molecule has 0 atom stereocenters. The summed E-state index contributed by atoms with van der Waals surface area (Å²) < 4.78 is 4.93. The van der Waals surface area contributed by atoms with E-state index in [9.17, 15) is 19.5 Å². The van der Waals surface area contributed by atoms with Crippen LogP contribution >= 0.6 is 0 Å². The summed E-state index contributed by atoms with van der Waals surface area (Å²) in [5, 5.41) is 12.1. The van der Waals surface area contributed by atoms with Crippen LogP contribution in [0.5, 0.6) is 0 Å². The van der Waals surface area contributed by atoms with Crippen LogP contribution in [0.1, 0.15) is 43.6 Å². The molecule has 1 amide bonds. The molecular weight excluding hydrogens is 388 g/mol. The molecule has 2 aliphatic heterocycles. The van der Waals surface area contributed by atoms with Crippen molar-refractivity contribution in [3.05, 3.63) is 64.7 Å². The van der Waals surface area contributed by atoms with Gasteiger partial charge in [-0.25, -0.2) is 14.6 Å². The Morgan fingerprint density at radius 2 is 1.87 bits per heavy atom. The average Bonchev–Trinajstić information content (AvgIpc) is 3.24. The van der Waals surface area contributed by atoms with Gasteiger partial charge < -0.3 is 9.84 Å². The van der Waals surface area contributed by atoms with Crippen LogP contribution in [-0.4, -0.2) is 59.3 Å². The summed E-state index contributed by atoms with van der Waals surface area (Å²) in [5.74, 6) is -1.52. The summed E-state index contributed by atoms with van der Waals surface area (Å²) >= 11 is 0. The lowest BCUT2D eigenvalue weighted by Gasteiger charge is -2.27. The molecule has 2 aromatic rings. The highest BCUT2D eigenvalue weighted by Gasteiger charge is 2.30. The summed E-state index contributed by atoms with van der Waals surface area (Å²) in [6, 6.07) is 11.2. The molecule has 152 valence electrons. The number of carboxylic acid groups (broad SMARTS) is 1. The Hall–Kier alpha value is -4.01. The van der Waals surface area contributed by atoms with Gasteiger partial charge in [0.15, 0.2) is 0 Å². The van der Waals surface area contributed by atoms with Crippen LogP contribution in [0.15, 0.2) is 52.4 Å².